The van der Waals surface area contributed by atoms with Gasteiger partial charge in [0.1, 0.15) is 11.6 Å². The Morgan fingerprint density at radius 2 is 1.88 bits per heavy atom. The number of nitrogens with zero attached hydrogens (tertiary/aromatic N) is 2. The first-order valence-corrected chi connectivity index (χ1v) is 4.70. The van der Waals surface area contributed by atoms with E-state index in [1.54, 1.807) is 0 Å². The van der Waals surface area contributed by atoms with Crippen molar-refractivity contribution in [3.8, 4) is 0 Å². The molecule has 0 aliphatic heterocycles. The van der Waals surface area contributed by atoms with Gasteiger partial charge >= 0.3 is 6.18 Å². The van der Waals surface area contributed by atoms with Gasteiger partial charge in [0.05, 0.1) is 5.52 Å². The summed E-state index contributed by atoms with van der Waals surface area (Å²) in [6, 6.07) is 2.96. The van der Waals surface area contributed by atoms with Crippen LogP contribution in [0.15, 0.2) is 12.1 Å². The minimum absolute atomic E-state index is 0.112. The number of hydrogen-bond donors (Lipinski definition) is 3. The first-order valence-electron chi connectivity index (χ1n) is 4.70. The summed E-state index contributed by atoms with van der Waals surface area (Å²) < 4.78 is 38.1. The number of nitrogen functional groups attached to an aromatic ring is 1. The van der Waals surface area contributed by atoms with Gasteiger partial charge in [-0.15, -0.1) is 0 Å². The van der Waals surface area contributed by atoms with E-state index in [2.05, 4.69) is 15.0 Å². The third-order valence-corrected chi connectivity index (χ3v) is 2.45. The van der Waals surface area contributed by atoms with Gasteiger partial charge in [0.2, 0.25) is 0 Å². The van der Waals surface area contributed by atoms with Gasteiger partial charge in [0.25, 0.3) is 0 Å². The Morgan fingerprint density at radius 1 is 1.24 bits per heavy atom. The van der Waals surface area contributed by atoms with Crippen LogP contribution in [0.4, 0.5) is 19.0 Å². The minimum Gasteiger partial charge on any atom is -0.384 e. The lowest BCUT2D eigenvalue weighted by Crippen LogP contribution is -2.48. The Labute approximate surface area is 94.0 Å². The van der Waals surface area contributed by atoms with E-state index in [-0.39, 0.29) is 11.5 Å². The number of halogens is 3. The summed E-state index contributed by atoms with van der Waals surface area (Å²) in [7, 11) is 0. The molecule has 17 heavy (non-hydrogen) atoms. The smallest absolute Gasteiger partial charge is 0.384 e. The number of imidazole rings is 1. The largest absolute Gasteiger partial charge is 0.413 e. The molecule has 1 atom stereocenters. The lowest BCUT2D eigenvalue weighted by molar-refractivity contribution is -0.186. The van der Waals surface area contributed by atoms with E-state index in [1.807, 2.05) is 0 Å². The first-order chi connectivity index (χ1) is 7.72. The van der Waals surface area contributed by atoms with Gasteiger partial charge < -0.3 is 16.5 Å². The number of alkyl halides is 3. The normalized spacial score (nSPS) is 16.1. The van der Waals surface area contributed by atoms with Gasteiger partial charge in [0.15, 0.2) is 11.2 Å². The average Bonchev–Trinajstić information content (AvgIpc) is 2.58. The molecular weight excluding hydrogens is 235 g/mol. The maximum atomic E-state index is 12.7. The quantitative estimate of drug-likeness (QED) is 0.705. The number of nitrogens with two attached hydrogens (primary N) is 2. The van der Waals surface area contributed by atoms with Crippen LogP contribution in [0, 0.1) is 0 Å². The van der Waals surface area contributed by atoms with Gasteiger partial charge in [-0.2, -0.15) is 13.2 Å². The Hall–Kier alpha value is -1.83. The van der Waals surface area contributed by atoms with E-state index in [9.17, 15) is 13.2 Å². The summed E-state index contributed by atoms with van der Waals surface area (Å²) in [6.45, 7) is 0.841. The third-order valence-electron chi connectivity index (χ3n) is 2.45. The number of anilines is 1. The van der Waals surface area contributed by atoms with Gasteiger partial charge in [-0.1, -0.05) is 0 Å². The minimum atomic E-state index is -4.60. The van der Waals surface area contributed by atoms with E-state index in [0.717, 1.165) is 6.92 Å². The number of nitrogens with one attached hydrogen (secondary N) is 1. The van der Waals surface area contributed by atoms with Crippen molar-refractivity contribution >= 4 is 17.0 Å². The van der Waals surface area contributed by atoms with Crippen LogP contribution in [0.1, 0.15) is 12.7 Å². The zero-order chi connectivity index (χ0) is 12.8. The lowest BCUT2D eigenvalue weighted by Gasteiger charge is -2.24. The molecule has 0 radical (unpaired) electrons. The molecule has 2 aromatic rings. The summed E-state index contributed by atoms with van der Waals surface area (Å²) in [6.07, 6.45) is -4.60. The van der Waals surface area contributed by atoms with Crippen molar-refractivity contribution in [3.05, 3.63) is 18.0 Å². The molecule has 0 aliphatic carbocycles. The molecule has 0 aromatic carbocycles. The lowest BCUT2D eigenvalue weighted by atomic mass is 10.0. The molecule has 1 unspecified atom stereocenters. The summed E-state index contributed by atoms with van der Waals surface area (Å²) in [4.78, 5) is 10.0. The topological polar surface area (TPSA) is 93.6 Å². The Kier molecular flexibility index (Phi) is 2.28. The standard InChI is InChI=1S/C9H10F3N5/c1-8(14,9(10,11)12)7-15-4-2-3-5(13)16-6(4)17-7/h2-3H,14H2,1H3,(H3,13,15,16,17). The van der Waals surface area contributed by atoms with Crippen molar-refractivity contribution in [2.24, 2.45) is 5.73 Å². The van der Waals surface area contributed by atoms with Crippen LogP contribution in [0.5, 0.6) is 0 Å². The molecule has 0 saturated heterocycles. The maximum Gasteiger partial charge on any atom is 0.413 e. The van der Waals surface area contributed by atoms with Gasteiger partial charge in [-0.25, -0.2) is 9.97 Å². The monoisotopic (exact) mass is 245 g/mol. The Bertz CT molecular complexity index is 557. The summed E-state index contributed by atoms with van der Waals surface area (Å²) in [5.41, 5.74) is 8.56. The number of hydrogen-bond acceptors (Lipinski definition) is 4. The van der Waals surface area contributed by atoms with Crippen LogP contribution in [-0.4, -0.2) is 21.1 Å². The number of rotatable bonds is 1. The van der Waals surface area contributed by atoms with Gasteiger partial charge in [-0.05, 0) is 19.1 Å². The average molecular weight is 245 g/mol. The van der Waals surface area contributed by atoms with Gasteiger partial charge in [0, 0.05) is 0 Å². The zero-order valence-electron chi connectivity index (χ0n) is 8.84. The van der Waals surface area contributed by atoms with E-state index in [1.165, 1.54) is 12.1 Å². The molecule has 2 heterocycles. The second-order valence-electron chi connectivity index (χ2n) is 3.89. The summed E-state index contributed by atoms with van der Waals surface area (Å²) >= 11 is 0. The molecule has 0 amide bonds. The molecule has 0 fully saturated rings. The van der Waals surface area contributed by atoms with Gasteiger partial charge in [-0.3, -0.25) is 0 Å². The Balaban J connectivity index is 2.57. The molecule has 5 nitrogen and oxygen atoms in total. The van der Waals surface area contributed by atoms with E-state index in [4.69, 9.17) is 11.5 Å². The molecule has 2 rings (SSSR count). The molecule has 0 saturated carbocycles. The summed E-state index contributed by atoms with van der Waals surface area (Å²) in [5, 5.41) is 0. The first kappa shape index (κ1) is 11.6. The van der Waals surface area contributed by atoms with Crippen molar-refractivity contribution in [2.45, 2.75) is 18.6 Å². The Morgan fingerprint density at radius 3 is 2.47 bits per heavy atom. The molecular formula is C9H10F3N5. The maximum absolute atomic E-state index is 12.7. The van der Waals surface area contributed by atoms with Crippen LogP contribution in [0.2, 0.25) is 0 Å². The number of H-pyrrole nitrogens is 1. The van der Waals surface area contributed by atoms with Crippen LogP contribution < -0.4 is 11.5 Å². The fourth-order valence-electron chi connectivity index (χ4n) is 1.29. The van der Waals surface area contributed by atoms with E-state index >= 15 is 0 Å². The fourth-order valence-corrected chi connectivity index (χ4v) is 1.29. The zero-order valence-corrected chi connectivity index (χ0v) is 8.84. The molecule has 0 spiro atoms. The van der Waals surface area contributed by atoms with Crippen molar-refractivity contribution in [3.63, 3.8) is 0 Å². The van der Waals surface area contributed by atoms with Crippen molar-refractivity contribution in [2.75, 3.05) is 5.73 Å². The molecule has 92 valence electrons. The SMILES string of the molecule is CC(N)(c1nc2nc(N)ccc2[nH]1)C(F)(F)F. The predicted molar refractivity (Wildman–Crippen MR) is 55.9 cm³/mol. The molecule has 2 aromatic heterocycles. The highest BCUT2D eigenvalue weighted by Crippen LogP contribution is 2.35. The highest BCUT2D eigenvalue weighted by atomic mass is 19.4. The third kappa shape index (κ3) is 1.80. The number of fused-ring (bicyclic) bond motifs is 1. The second-order valence-corrected chi connectivity index (χ2v) is 3.89. The van der Waals surface area contributed by atoms with Crippen molar-refractivity contribution in [1.29, 1.82) is 0 Å². The highest BCUT2D eigenvalue weighted by molar-refractivity contribution is 5.72. The highest BCUT2D eigenvalue weighted by Gasteiger charge is 2.51. The summed E-state index contributed by atoms with van der Waals surface area (Å²) in [5.74, 6) is -0.209. The molecule has 5 N–H and O–H groups in total. The fraction of sp³-hybridized carbons (Fsp3) is 0.333. The van der Waals surface area contributed by atoms with Crippen LogP contribution in [-0.2, 0) is 5.54 Å². The second kappa shape index (κ2) is 3.33. The van der Waals surface area contributed by atoms with Crippen molar-refractivity contribution in [1.82, 2.24) is 15.0 Å². The number of pyridine rings is 1. The van der Waals surface area contributed by atoms with Crippen LogP contribution in [0.3, 0.4) is 0 Å². The number of aromatic nitrogens is 3. The van der Waals surface area contributed by atoms with Crippen molar-refractivity contribution < 1.29 is 13.2 Å². The van der Waals surface area contributed by atoms with E-state index in [0.29, 0.717) is 5.52 Å². The predicted octanol–water partition coefficient (Wildman–Crippen LogP) is 1.28. The molecule has 0 aliphatic rings. The molecule has 0 bridgehead atoms. The molecule has 8 heteroatoms. The van der Waals surface area contributed by atoms with Crippen LogP contribution in [0.25, 0.3) is 11.2 Å². The van der Waals surface area contributed by atoms with Crippen LogP contribution >= 0.6 is 0 Å². The van der Waals surface area contributed by atoms with E-state index < -0.39 is 17.5 Å². The number of aromatic amines is 1.